The fourth-order valence-corrected chi connectivity index (χ4v) is 5.87. The van der Waals surface area contributed by atoms with Gasteiger partial charge in [0.05, 0.1) is 35.7 Å². The summed E-state index contributed by atoms with van der Waals surface area (Å²) in [5.41, 5.74) is 2.30. The minimum absolute atomic E-state index is 0.109. The zero-order valence-electron chi connectivity index (χ0n) is 26.3. The molecule has 1 aromatic heterocycles. The number of fused-ring (bicyclic) bond motifs is 2. The lowest BCUT2D eigenvalue weighted by molar-refractivity contribution is -0.118. The fourth-order valence-electron chi connectivity index (χ4n) is 5.61. The molecule has 2 aliphatic heterocycles. The molecular formula is C35H40BrN5O5. The molecule has 3 N–H and O–H groups in total. The second kappa shape index (κ2) is 15.0. The number of benzene rings is 2. The number of aromatic nitrogens is 1. The number of hydrogen-bond acceptors (Lipinski definition) is 7. The SMILES string of the molecule is CC(C)(C)OC(=O)Nc1ccccc1NC(=O)C=Cc1ccc(C(CCCN2C[C@@H]3C[C@H]2CO3)C(=O)Nc2ccc(Br)cc2)nc1. The van der Waals surface area contributed by atoms with Crippen molar-refractivity contribution < 1.29 is 23.9 Å². The first-order valence-corrected chi connectivity index (χ1v) is 16.3. The molecule has 3 aromatic rings. The Morgan fingerprint density at radius 2 is 1.78 bits per heavy atom. The zero-order chi connectivity index (χ0) is 32.7. The Labute approximate surface area is 278 Å². The lowest BCUT2D eigenvalue weighted by atomic mass is 9.96. The van der Waals surface area contributed by atoms with E-state index in [0.717, 1.165) is 42.7 Å². The van der Waals surface area contributed by atoms with Gasteiger partial charge in [-0.2, -0.15) is 0 Å². The topological polar surface area (TPSA) is 122 Å². The molecule has 242 valence electrons. The number of likely N-dealkylation sites (tertiary alicyclic amines) is 1. The number of pyridine rings is 1. The molecule has 5 rings (SSSR count). The Morgan fingerprint density at radius 3 is 2.41 bits per heavy atom. The van der Waals surface area contributed by atoms with Crippen LogP contribution in [0.2, 0.25) is 0 Å². The van der Waals surface area contributed by atoms with Gasteiger partial charge in [-0.25, -0.2) is 4.79 Å². The van der Waals surface area contributed by atoms with Crippen molar-refractivity contribution in [1.82, 2.24) is 9.88 Å². The summed E-state index contributed by atoms with van der Waals surface area (Å²) < 4.78 is 12.0. The average molecular weight is 691 g/mol. The fraction of sp³-hybridized carbons (Fsp3) is 0.371. The summed E-state index contributed by atoms with van der Waals surface area (Å²) in [7, 11) is 0. The Balaban J connectivity index is 1.21. The summed E-state index contributed by atoms with van der Waals surface area (Å²) in [6.45, 7) is 8.00. The molecule has 1 unspecified atom stereocenters. The van der Waals surface area contributed by atoms with Crippen LogP contribution in [-0.4, -0.2) is 65.2 Å². The standard InChI is InChI=1S/C35H40BrN5O5/c1-35(2,3)46-34(44)40-31-9-5-4-8-30(31)39-32(42)17-11-23-10-16-29(37-20-23)28(33(43)38-25-14-12-24(36)13-15-25)7-6-18-41-21-27-19-26(41)22-45-27/h4-5,8-17,20,26-28H,6-7,18-19,21-22H2,1-3H3,(H,38,43)(H,39,42)(H,40,44)/t26-,27-,28?/m0/s1. The average Bonchev–Trinajstić information content (AvgIpc) is 3.64. The Morgan fingerprint density at radius 1 is 1.04 bits per heavy atom. The number of morpholine rings is 1. The van der Waals surface area contributed by atoms with E-state index in [-0.39, 0.29) is 11.8 Å². The lowest BCUT2D eigenvalue weighted by Gasteiger charge is -2.27. The number of halogens is 1. The van der Waals surface area contributed by atoms with Gasteiger partial charge in [0.15, 0.2) is 0 Å². The van der Waals surface area contributed by atoms with Crippen LogP contribution in [0.3, 0.4) is 0 Å². The number of carbonyl (C=O) groups is 3. The normalized spacial score (nSPS) is 18.3. The minimum atomic E-state index is -0.652. The van der Waals surface area contributed by atoms with Crippen LogP contribution >= 0.6 is 15.9 Å². The van der Waals surface area contributed by atoms with Crippen LogP contribution in [0.4, 0.5) is 21.9 Å². The zero-order valence-corrected chi connectivity index (χ0v) is 27.9. The number of anilines is 3. The van der Waals surface area contributed by atoms with Gasteiger partial charge in [-0.15, -0.1) is 0 Å². The van der Waals surface area contributed by atoms with Crippen LogP contribution < -0.4 is 16.0 Å². The van der Waals surface area contributed by atoms with Crippen LogP contribution in [0.5, 0.6) is 0 Å². The summed E-state index contributed by atoms with van der Waals surface area (Å²) in [4.78, 5) is 45.6. The highest BCUT2D eigenvalue weighted by molar-refractivity contribution is 9.10. The van der Waals surface area contributed by atoms with Crippen LogP contribution in [0.15, 0.2) is 77.4 Å². The van der Waals surface area contributed by atoms with E-state index in [9.17, 15) is 14.4 Å². The predicted octanol–water partition coefficient (Wildman–Crippen LogP) is 6.82. The molecule has 46 heavy (non-hydrogen) atoms. The highest BCUT2D eigenvalue weighted by Gasteiger charge is 2.38. The van der Waals surface area contributed by atoms with Crippen molar-refractivity contribution in [2.24, 2.45) is 0 Å². The number of carbonyl (C=O) groups excluding carboxylic acids is 3. The number of nitrogens with one attached hydrogen (secondary N) is 3. The van der Waals surface area contributed by atoms with Crippen molar-refractivity contribution in [3.8, 4) is 0 Å². The summed E-state index contributed by atoms with van der Waals surface area (Å²) >= 11 is 3.44. The quantitative estimate of drug-likeness (QED) is 0.189. The van der Waals surface area contributed by atoms with E-state index in [0.29, 0.717) is 41.2 Å². The van der Waals surface area contributed by atoms with E-state index in [2.05, 4.69) is 41.8 Å². The molecule has 2 aliphatic rings. The molecule has 11 heteroatoms. The number of para-hydroxylation sites is 2. The molecule has 2 bridgehead atoms. The van der Waals surface area contributed by atoms with E-state index >= 15 is 0 Å². The van der Waals surface area contributed by atoms with Gasteiger partial charge in [0.2, 0.25) is 11.8 Å². The highest BCUT2D eigenvalue weighted by Crippen LogP contribution is 2.29. The molecule has 0 aliphatic carbocycles. The molecule has 3 atom stereocenters. The van der Waals surface area contributed by atoms with E-state index < -0.39 is 17.6 Å². The van der Waals surface area contributed by atoms with Crippen molar-refractivity contribution in [2.75, 3.05) is 35.6 Å². The first-order chi connectivity index (χ1) is 22.0. The van der Waals surface area contributed by atoms with Crippen molar-refractivity contribution in [3.05, 3.63) is 88.7 Å². The molecule has 0 radical (unpaired) electrons. The second-order valence-electron chi connectivity index (χ2n) is 12.5. The van der Waals surface area contributed by atoms with Crippen molar-refractivity contribution >= 4 is 57.0 Å². The van der Waals surface area contributed by atoms with Crippen LogP contribution in [0.25, 0.3) is 6.08 Å². The molecule has 3 heterocycles. The van der Waals surface area contributed by atoms with Crippen molar-refractivity contribution in [3.63, 3.8) is 0 Å². The maximum atomic E-state index is 13.5. The Hall–Kier alpha value is -4.06. The minimum Gasteiger partial charge on any atom is -0.444 e. The summed E-state index contributed by atoms with van der Waals surface area (Å²) in [5, 5.41) is 8.51. The third-order valence-corrected chi connectivity index (χ3v) is 8.32. The number of ether oxygens (including phenoxy) is 2. The van der Waals surface area contributed by atoms with Gasteiger partial charge in [0, 0.05) is 35.0 Å². The van der Waals surface area contributed by atoms with Gasteiger partial charge in [-0.05, 0) is 101 Å². The third-order valence-electron chi connectivity index (χ3n) is 7.79. The number of nitrogens with zero attached hydrogens (tertiary/aromatic N) is 2. The second-order valence-corrected chi connectivity index (χ2v) is 13.5. The number of hydrogen-bond donors (Lipinski definition) is 3. The maximum Gasteiger partial charge on any atom is 0.412 e. The lowest BCUT2D eigenvalue weighted by Crippen LogP contribution is -2.37. The van der Waals surface area contributed by atoms with E-state index in [1.807, 2.05) is 36.4 Å². The molecule has 2 fully saturated rings. The van der Waals surface area contributed by atoms with Gasteiger partial charge in [0.25, 0.3) is 0 Å². The van der Waals surface area contributed by atoms with E-state index in [4.69, 9.17) is 9.47 Å². The van der Waals surface area contributed by atoms with E-state index in [1.165, 1.54) is 6.08 Å². The van der Waals surface area contributed by atoms with Gasteiger partial charge in [0.1, 0.15) is 5.60 Å². The predicted molar refractivity (Wildman–Crippen MR) is 183 cm³/mol. The largest absolute Gasteiger partial charge is 0.444 e. The molecule has 3 amide bonds. The molecule has 0 saturated carbocycles. The van der Waals surface area contributed by atoms with Gasteiger partial charge < -0.3 is 20.1 Å². The summed E-state index contributed by atoms with van der Waals surface area (Å²) in [5.74, 6) is -0.923. The molecule has 2 saturated heterocycles. The van der Waals surface area contributed by atoms with Gasteiger partial charge in [-0.1, -0.05) is 34.1 Å². The van der Waals surface area contributed by atoms with Crippen LogP contribution in [-0.2, 0) is 19.1 Å². The third kappa shape index (κ3) is 9.48. The van der Waals surface area contributed by atoms with E-state index in [1.54, 1.807) is 57.3 Å². The molecule has 10 nitrogen and oxygen atoms in total. The molecular weight excluding hydrogens is 650 g/mol. The smallest absolute Gasteiger partial charge is 0.412 e. The first-order valence-electron chi connectivity index (χ1n) is 15.5. The summed E-state index contributed by atoms with van der Waals surface area (Å²) in [6.07, 6.45) is 7.04. The van der Waals surface area contributed by atoms with Gasteiger partial charge in [-0.3, -0.25) is 24.8 Å². The number of amides is 3. The van der Waals surface area contributed by atoms with Crippen molar-refractivity contribution in [2.45, 2.75) is 63.7 Å². The highest BCUT2D eigenvalue weighted by atomic mass is 79.9. The van der Waals surface area contributed by atoms with Crippen molar-refractivity contribution in [1.29, 1.82) is 0 Å². The first kappa shape index (κ1) is 33.3. The van der Waals surface area contributed by atoms with Crippen LogP contribution in [0, 0.1) is 0 Å². The Bertz CT molecular complexity index is 1550. The molecule has 0 spiro atoms. The monoisotopic (exact) mass is 689 g/mol. The number of rotatable bonds is 11. The van der Waals surface area contributed by atoms with Gasteiger partial charge >= 0.3 is 6.09 Å². The van der Waals surface area contributed by atoms with Crippen LogP contribution in [0.1, 0.15) is 57.2 Å². The maximum absolute atomic E-state index is 13.5. The summed E-state index contributed by atoms with van der Waals surface area (Å²) in [6, 6.07) is 18.6. The molecule has 2 aromatic carbocycles. The Kier molecular flexibility index (Phi) is 10.9.